The van der Waals surface area contributed by atoms with Crippen molar-refractivity contribution in [2.45, 2.75) is 31.5 Å². The van der Waals surface area contributed by atoms with Gasteiger partial charge in [0.25, 0.3) is 5.91 Å². The number of rotatable bonds is 5. The molecule has 1 amide bonds. The molecule has 4 aromatic rings. The minimum Gasteiger partial charge on any atom is -0.493 e. The average molecular weight is 500 g/mol. The van der Waals surface area contributed by atoms with E-state index in [1.54, 1.807) is 17.0 Å². The number of nitrogens with zero attached hydrogens (tertiary/aromatic N) is 5. The van der Waals surface area contributed by atoms with E-state index in [0.29, 0.717) is 47.7 Å². The van der Waals surface area contributed by atoms with Crippen molar-refractivity contribution in [3.05, 3.63) is 59.7 Å². The molecule has 1 saturated heterocycles. The van der Waals surface area contributed by atoms with Crippen LogP contribution in [-0.2, 0) is 11.7 Å². The number of hydrogen-bond acceptors (Lipinski definition) is 6. The Morgan fingerprint density at radius 2 is 1.78 bits per heavy atom. The molecule has 1 aliphatic heterocycles. The van der Waals surface area contributed by atoms with Crippen LogP contribution >= 0.6 is 0 Å². The summed E-state index contributed by atoms with van der Waals surface area (Å²) in [6.07, 6.45) is -0.608. The van der Waals surface area contributed by atoms with E-state index in [1.165, 1.54) is 32.7 Å². The van der Waals surface area contributed by atoms with Crippen LogP contribution in [0.5, 0.6) is 11.5 Å². The van der Waals surface area contributed by atoms with Crippen LogP contribution < -0.4 is 9.47 Å². The Balaban J connectivity index is 1.59. The molecule has 1 atom stereocenters. The van der Waals surface area contributed by atoms with E-state index in [0.717, 1.165) is 16.9 Å². The molecule has 0 bridgehead atoms. The van der Waals surface area contributed by atoms with Crippen LogP contribution in [0.25, 0.3) is 16.7 Å². The molecule has 36 heavy (non-hydrogen) atoms. The number of carbonyl (C=O) groups excluding carboxylic acids is 1. The average Bonchev–Trinajstić information content (AvgIpc) is 3.61. The van der Waals surface area contributed by atoms with Crippen molar-refractivity contribution in [2.75, 3.05) is 20.8 Å². The fourth-order valence-electron chi connectivity index (χ4n) is 4.67. The van der Waals surface area contributed by atoms with E-state index in [4.69, 9.17) is 14.5 Å². The second-order valence-electron chi connectivity index (χ2n) is 8.69. The summed E-state index contributed by atoms with van der Waals surface area (Å²) < 4.78 is 51.4. The number of carbonyl (C=O) groups is 1. The van der Waals surface area contributed by atoms with E-state index >= 15 is 0 Å². The summed E-state index contributed by atoms with van der Waals surface area (Å²) in [7, 11) is 3.05. The van der Waals surface area contributed by atoms with Crippen LogP contribution in [0, 0.1) is 0 Å². The van der Waals surface area contributed by atoms with Crippen molar-refractivity contribution < 1.29 is 27.4 Å². The number of H-pyrrole nitrogens is 1. The van der Waals surface area contributed by atoms with Crippen molar-refractivity contribution in [1.29, 1.82) is 0 Å². The number of benzene rings is 2. The number of aromatic amines is 1. The van der Waals surface area contributed by atoms with Gasteiger partial charge >= 0.3 is 6.18 Å². The number of alkyl halides is 3. The Morgan fingerprint density at radius 3 is 2.44 bits per heavy atom. The standard InChI is InChI=1S/C24H23F3N6O3/c1-23(22-30-16-12-19(35-2)20(36-3)13-17(16)31-22)7-4-10-32(23)21(34)15-11-14(24(25,26)27)5-6-18(15)33-28-8-9-29-33/h5-6,8-9,11-13H,4,7,10H2,1-3H3,(H,30,31). The van der Waals surface area contributed by atoms with Gasteiger partial charge in [-0.1, -0.05) is 0 Å². The third kappa shape index (κ3) is 3.82. The highest BCUT2D eigenvalue weighted by Crippen LogP contribution is 2.41. The molecule has 0 spiro atoms. The van der Waals surface area contributed by atoms with Gasteiger partial charge in [-0.2, -0.15) is 28.2 Å². The zero-order chi connectivity index (χ0) is 25.7. The first-order valence-corrected chi connectivity index (χ1v) is 11.2. The molecule has 0 aliphatic carbocycles. The third-order valence-corrected chi connectivity index (χ3v) is 6.57. The Kier molecular flexibility index (Phi) is 5.61. The molecule has 1 fully saturated rings. The van der Waals surface area contributed by atoms with Gasteiger partial charge in [0, 0.05) is 18.7 Å². The maximum Gasteiger partial charge on any atom is 0.416 e. The molecule has 2 aromatic carbocycles. The quantitative estimate of drug-likeness (QED) is 0.438. The number of fused-ring (bicyclic) bond motifs is 1. The topological polar surface area (TPSA) is 98.2 Å². The summed E-state index contributed by atoms with van der Waals surface area (Å²) in [5.41, 5.74) is -0.502. The van der Waals surface area contributed by atoms with E-state index in [2.05, 4.69) is 15.2 Å². The third-order valence-electron chi connectivity index (χ3n) is 6.57. The molecule has 1 unspecified atom stereocenters. The van der Waals surface area contributed by atoms with Gasteiger partial charge in [-0.15, -0.1) is 0 Å². The summed E-state index contributed by atoms with van der Waals surface area (Å²) in [4.78, 5) is 24.5. The molecule has 188 valence electrons. The van der Waals surface area contributed by atoms with Crippen molar-refractivity contribution >= 4 is 16.9 Å². The summed E-state index contributed by atoms with van der Waals surface area (Å²) in [5.74, 6) is 0.978. The lowest BCUT2D eigenvalue weighted by Crippen LogP contribution is -2.44. The van der Waals surface area contributed by atoms with E-state index in [9.17, 15) is 18.0 Å². The zero-order valence-electron chi connectivity index (χ0n) is 19.8. The molecule has 0 saturated carbocycles. The van der Waals surface area contributed by atoms with Crippen LogP contribution in [-0.4, -0.2) is 56.5 Å². The first-order valence-electron chi connectivity index (χ1n) is 11.2. The second-order valence-corrected chi connectivity index (χ2v) is 8.69. The number of likely N-dealkylation sites (tertiary alicyclic amines) is 1. The highest BCUT2D eigenvalue weighted by atomic mass is 19.4. The van der Waals surface area contributed by atoms with Gasteiger partial charge in [0.1, 0.15) is 5.82 Å². The molecular weight excluding hydrogens is 477 g/mol. The van der Waals surface area contributed by atoms with Crippen LogP contribution in [0.15, 0.2) is 42.7 Å². The first-order chi connectivity index (χ1) is 17.2. The first kappa shape index (κ1) is 23.6. The van der Waals surface area contributed by atoms with Gasteiger partial charge in [0.05, 0.1) is 60.0 Å². The lowest BCUT2D eigenvalue weighted by atomic mass is 9.96. The molecule has 1 aliphatic rings. The number of hydrogen-bond donors (Lipinski definition) is 1. The van der Waals surface area contributed by atoms with E-state index in [-0.39, 0.29) is 11.3 Å². The van der Waals surface area contributed by atoms with Crippen LogP contribution in [0.3, 0.4) is 0 Å². The van der Waals surface area contributed by atoms with Gasteiger partial charge in [0.15, 0.2) is 11.5 Å². The molecular formula is C24H23F3N6O3. The second kappa shape index (κ2) is 8.54. The lowest BCUT2D eigenvalue weighted by molar-refractivity contribution is -0.137. The molecule has 2 aromatic heterocycles. The van der Waals surface area contributed by atoms with Gasteiger partial charge < -0.3 is 19.4 Å². The summed E-state index contributed by atoms with van der Waals surface area (Å²) >= 11 is 0. The van der Waals surface area contributed by atoms with E-state index in [1.807, 2.05) is 6.92 Å². The highest BCUT2D eigenvalue weighted by molar-refractivity contribution is 5.98. The maximum absolute atomic E-state index is 13.9. The highest BCUT2D eigenvalue weighted by Gasteiger charge is 2.45. The number of imidazole rings is 1. The van der Waals surface area contributed by atoms with Crippen LogP contribution in [0.4, 0.5) is 13.2 Å². The number of nitrogens with one attached hydrogen (secondary N) is 1. The summed E-state index contributed by atoms with van der Waals surface area (Å²) in [5, 5.41) is 8.03. The van der Waals surface area contributed by atoms with Gasteiger partial charge in [-0.25, -0.2) is 4.98 Å². The summed E-state index contributed by atoms with van der Waals surface area (Å²) in [6, 6.07) is 6.46. The van der Waals surface area contributed by atoms with Crippen LogP contribution in [0.2, 0.25) is 0 Å². The fraction of sp³-hybridized carbons (Fsp3) is 0.333. The number of ether oxygens (including phenoxy) is 2. The number of methoxy groups -OCH3 is 2. The van der Waals surface area contributed by atoms with Crippen molar-refractivity contribution in [3.8, 4) is 17.2 Å². The Hall–Kier alpha value is -4.09. The number of amides is 1. The molecule has 0 radical (unpaired) electrons. The zero-order valence-corrected chi connectivity index (χ0v) is 19.8. The van der Waals surface area contributed by atoms with Crippen molar-refractivity contribution in [2.24, 2.45) is 0 Å². The smallest absolute Gasteiger partial charge is 0.416 e. The minimum atomic E-state index is -4.61. The molecule has 9 nitrogen and oxygen atoms in total. The molecule has 1 N–H and O–H groups in total. The Morgan fingerprint density at radius 1 is 1.08 bits per heavy atom. The van der Waals surface area contributed by atoms with Crippen molar-refractivity contribution in [3.63, 3.8) is 0 Å². The van der Waals surface area contributed by atoms with Gasteiger partial charge in [0.2, 0.25) is 0 Å². The molecule has 5 rings (SSSR count). The SMILES string of the molecule is COc1cc2nc(C3(C)CCCN3C(=O)c3cc(C(F)(F)F)ccc3-n3nccn3)[nH]c2cc1OC. The number of halogens is 3. The lowest BCUT2D eigenvalue weighted by Gasteiger charge is -2.34. The van der Waals surface area contributed by atoms with Gasteiger partial charge in [-0.05, 0) is 38.0 Å². The number of aromatic nitrogens is 5. The predicted octanol–water partition coefficient (Wildman–Crippen LogP) is 4.33. The normalized spacial score (nSPS) is 18.1. The maximum atomic E-state index is 13.9. The van der Waals surface area contributed by atoms with E-state index < -0.39 is 23.2 Å². The molecule has 3 heterocycles. The predicted molar refractivity (Wildman–Crippen MR) is 123 cm³/mol. The minimum absolute atomic E-state index is 0.145. The summed E-state index contributed by atoms with van der Waals surface area (Å²) in [6.45, 7) is 2.20. The van der Waals surface area contributed by atoms with Crippen molar-refractivity contribution in [1.82, 2.24) is 29.9 Å². The fourth-order valence-corrected chi connectivity index (χ4v) is 4.67. The van der Waals surface area contributed by atoms with Gasteiger partial charge in [-0.3, -0.25) is 4.79 Å². The Bertz CT molecular complexity index is 1390. The molecule has 12 heteroatoms. The largest absolute Gasteiger partial charge is 0.493 e. The Labute approximate surface area is 203 Å². The monoisotopic (exact) mass is 500 g/mol. The van der Waals surface area contributed by atoms with Crippen LogP contribution in [0.1, 0.15) is 41.5 Å².